The number of hydrogen-bond acceptors (Lipinski definition) is 5. The zero-order chi connectivity index (χ0) is 22.1. The summed E-state index contributed by atoms with van der Waals surface area (Å²) >= 11 is 0. The maximum atomic E-state index is 13.3. The first kappa shape index (κ1) is 22.3. The summed E-state index contributed by atoms with van der Waals surface area (Å²) in [5.74, 6) is -0.713. The van der Waals surface area contributed by atoms with Gasteiger partial charge < -0.3 is 19.7 Å². The van der Waals surface area contributed by atoms with Crippen molar-refractivity contribution in [2.24, 2.45) is 0 Å². The summed E-state index contributed by atoms with van der Waals surface area (Å²) in [6, 6.07) is 17.3. The number of carbonyl (C=O) groups is 3. The Balaban J connectivity index is 1.70. The van der Waals surface area contributed by atoms with Gasteiger partial charge in [0.25, 0.3) is 0 Å². The van der Waals surface area contributed by atoms with Gasteiger partial charge in [0.15, 0.2) is 0 Å². The van der Waals surface area contributed by atoms with Crippen molar-refractivity contribution in [1.82, 2.24) is 10.2 Å². The molecule has 3 rings (SSSR count). The molecule has 1 heterocycles. The molecule has 1 aliphatic heterocycles. The Labute approximate surface area is 182 Å². The van der Waals surface area contributed by atoms with Crippen LogP contribution in [-0.2, 0) is 32.1 Å². The number of nitrogens with one attached hydrogen (secondary N) is 1. The predicted molar refractivity (Wildman–Crippen MR) is 115 cm³/mol. The molecule has 0 unspecified atom stereocenters. The molecule has 2 atom stereocenters. The van der Waals surface area contributed by atoms with Gasteiger partial charge in [0.2, 0.25) is 5.91 Å². The highest BCUT2D eigenvalue weighted by Crippen LogP contribution is 2.21. The molecule has 0 bridgehead atoms. The van der Waals surface area contributed by atoms with Gasteiger partial charge in [-0.25, -0.2) is 9.59 Å². The largest absolute Gasteiger partial charge is 0.464 e. The third-order valence-electron chi connectivity index (χ3n) is 5.18. The number of amides is 2. The van der Waals surface area contributed by atoms with Crippen molar-refractivity contribution in [2.75, 3.05) is 13.2 Å². The van der Waals surface area contributed by atoms with Crippen LogP contribution in [0.15, 0.2) is 60.7 Å². The molecule has 7 nitrogen and oxygen atoms in total. The Bertz CT molecular complexity index is 872. The Morgan fingerprint density at radius 3 is 2.29 bits per heavy atom. The molecule has 1 saturated heterocycles. The van der Waals surface area contributed by atoms with E-state index in [1.807, 2.05) is 60.7 Å². The third kappa shape index (κ3) is 6.31. The fourth-order valence-electron chi connectivity index (χ4n) is 3.67. The van der Waals surface area contributed by atoms with E-state index in [1.165, 1.54) is 4.90 Å². The van der Waals surface area contributed by atoms with E-state index in [9.17, 15) is 14.4 Å². The topological polar surface area (TPSA) is 84.9 Å². The van der Waals surface area contributed by atoms with Crippen molar-refractivity contribution in [2.45, 2.75) is 44.9 Å². The van der Waals surface area contributed by atoms with Gasteiger partial charge in [-0.1, -0.05) is 60.7 Å². The lowest BCUT2D eigenvalue weighted by atomic mass is 10.0. The number of esters is 1. The van der Waals surface area contributed by atoms with Gasteiger partial charge in [-0.3, -0.25) is 4.79 Å². The van der Waals surface area contributed by atoms with Gasteiger partial charge in [0.1, 0.15) is 18.7 Å². The minimum Gasteiger partial charge on any atom is -0.464 e. The first-order valence-electron chi connectivity index (χ1n) is 10.6. The molecule has 1 N–H and O–H groups in total. The van der Waals surface area contributed by atoms with E-state index in [0.29, 0.717) is 25.8 Å². The quantitative estimate of drug-likeness (QED) is 0.659. The average Bonchev–Trinajstić information content (AvgIpc) is 3.28. The van der Waals surface area contributed by atoms with Gasteiger partial charge in [-0.2, -0.15) is 0 Å². The zero-order valence-electron chi connectivity index (χ0n) is 17.7. The number of nitrogens with zero attached hydrogens (tertiary/aromatic N) is 1. The lowest BCUT2D eigenvalue weighted by Crippen LogP contribution is -2.52. The number of hydrogen-bond donors (Lipinski definition) is 1. The van der Waals surface area contributed by atoms with E-state index in [2.05, 4.69) is 5.32 Å². The first-order chi connectivity index (χ1) is 15.1. The number of alkyl carbamates (subject to hydrolysis) is 1. The second-order valence-corrected chi connectivity index (χ2v) is 7.39. The second kappa shape index (κ2) is 11.2. The van der Waals surface area contributed by atoms with Crippen LogP contribution in [0, 0.1) is 0 Å². The summed E-state index contributed by atoms with van der Waals surface area (Å²) in [5.41, 5.74) is 1.75. The Morgan fingerprint density at radius 2 is 1.65 bits per heavy atom. The van der Waals surface area contributed by atoms with E-state index in [1.54, 1.807) is 6.92 Å². The van der Waals surface area contributed by atoms with Crippen molar-refractivity contribution in [3.05, 3.63) is 71.8 Å². The average molecular weight is 424 g/mol. The molecule has 2 aromatic rings. The molecule has 0 saturated carbocycles. The van der Waals surface area contributed by atoms with Crippen molar-refractivity contribution in [3.8, 4) is 0 Å². The number of carbonyl (C=O) groups excluding carboxylic acids is 3. The number of benzene rings is 2. The molecule has 164 valence electrons. The van der Waals surface area contributed by atoms with Crippen LogP contribution in [0.3, 0.4) is 0 Å². The third-order valence-corrected chi connectivity index (χ3v) is 5.18. The lowest BCUT2D eigenvalue weighted by Gasteiger charge is -2.28. The normalized spacial score (nSPS) is 16.4. The summed E-state index contributed by atoms with van der Waals surface area (Å²) in [6.07, 6.45) is 0.893. The minimum absolute atomic E-state index is 0.105. The number of likely N-dealkylation sites (tertiary alicyclic amines) is 1. The number of rotatable bonds is 8. The van der Waals surface area contributed by atoms with Crippen LogP contribution in [0.2, 0.25) is 0 Å². The molecule has 0 aliphatic carbocycles. The second-order valence-electron chi connectivity index (χ2n) is 7.39. The maximum Gasteiger partial charge on any atom is 0.408 e. The molecular weight excluding hydrogens is 396 g/mol. The van der Waals surface area contributed by atoms with Crippen LogP contribution in [0.1, 0.15) is 30.9 Å². The Kier molecular flexibility index (Phi) is 8.04. The van der Waals surface area contributed by atoms with Gasteiger partial charge in [-0.15, -0.1) is 0 Å². The van der Waals surface area contributed by atoms with Crippen LogP contribution >= 0.6 is 0 Å². The number of ether oxygens (including phenoxy) is 2. The van der Waals surface area contributed by atoms with Crippen LogP contribution in [-0.4, -0.2) is 48.1 Å². The molecule has 1 aliphatic rings. The summed E-state index contributed by atoms with van der Waals surface area (Å²) in [7, 11) is 0. The van der Waals surface area contributed by atoms with Gasteiger partial charge in [0, 0.05) is 13.0 Å². The Hall–Kier alpha value is -3.35. The summed E-state index contributed by atoms with van der Waals surface area (Å²) in [5, 5.41) is 2.70. The SMILES string of the molecule is CCOC(=O)[C@@H]1CCCN1C(=O)[C@@H](Cc1ccccc1)NC(=O)OCc1ccccc1. The highest BCUT2D eigenvalue weighted by Gasteiger charge is 2.38. The monoisotopic (exact) mass is 424 g/mol. The van der Waals surface area contributed by atoms with E-state index < -0.39 is 24.1 Å². The fraction of sp³-hybridized carbons (Fsp3) is 0.375. The summed E-state index contributed by atoms with van der Waals surface area (Å²) in [4.78, 5) is 39.6. The van der Waals surface area contributed by atoms with Gasteiger partial charge in [-0.05, 0) is 30.9 Å². The van der Waals surface area contributed by atoms with E-state index in [4.69, 9.17) is 9.47 Å². The minimum atomic E-state index is -0.847. The van der Waals surface area contributed by atoms with E-state index >= 15 is 0 Å². The van der Waals surface area contributed by atoms with Crippen molar-refractivity contribution < 1.29 is 23.9 Å². The summed E-state index contributed by atoms with van der Waals surface area (Å²) < 4.78 is 10.4. The highest BCUT2D eigenvalue weighted by molar-refractivity contribution is 5.90. The van der Waals surface area contributed by atoms with Crippen LogP contribution in [0.4, 0.5) is 4.79 Å². The predicted octanol–water partition coefficient (Wildman–Crippen LogP) is 3.08. The van der Waals surface area contributed by atoms with Gasteiger partial charge >= 0.3 is 12.1 Å². The molecule has 0 radical (unpaired) electrons. The van der Waals surface area contributed by atoms with Crippen LogP contribution in [0.5, 0.6) is 0 Å². The fourth-order valence-corrected chi connectivity index (χ4v) is 3.67. The smallest absolute Gasteiger partial charge is 0.408 e. The molecule has 2 aromatic carbocycles. The molecular formula is C24H28N2O5. The van der Waals surface area contributed by atoms with Crippen molar-refractivity contribution in [3.63, 3.8) is 0 Å². The zero-order valence-corrected chi connectivity index (χ0v) is 17.7. The van der Waals surface area contributed by atoms with Gasteiger partial charge in [0.05, 0.1) is 6.61 Å². The molecule has 2 amide bonds. The molecule has 1 fully saturated rings. The molecule has 7 heteroatoms. The van der Waals surface area contributed by atoms with E-state index in [0.717, 1.165) is 11.1 Å². The molecule has 0 spiro atoms. The van der Waals surface area contributed by atoms with Crippen molar-refractivity contribution in [1.29, 1.82) is 0 Å². The first-order valence-corrected chi connectivity index (χ1v) is 10.6. The summed E-state index contributed by atoms with van der Waals surface area (Å²) in [6.45, 7) is 2.55. The molecule has 31 heavy (non-hydrogen) atoms. The van der Waals surface area contributed by atoms with E-state index in [-0.39, 0.29) is 19.1 Å². The maximum absolute atomic E-state index is 13.3. The highest BCUT2D eigenvalue weighted by atomic mass is 16.5. The van der Waals surface area contributed by atoms with Crippen molar-refractivity contribution >= 4 is 18.0 Å². The lowest BCUT2D eigenvalue weighted by molar-refractivity contribution is -0.153. The van der Waals surface area contributed by atoms with Crippen LogP contribution in [0.25, 0.3) is 0 Å². The van der Waals surface area contributed by atoms with Crippen LogP contribution < -0.4 is 5.32 Å². The Morgan fingerprint density at radius 1 is 1.00 bits per heavy atom. The molecule has 0 aromatic heterocycles. The standard InChI is InChI=1S/C24H28N2O5/c1-2-30-23(28)21-14-9-15-26(21)22(27)20(16-18-10-5-3-6-11-18)25-24(29)31-17-19-12-7-4-8-13-19/h3-8,10-13,20-21H,2,9,14-17H2,1H3,(H,25,29)/t20-,21+/m1/s1.